The predicted octanol–water partition coefficient (Wildman–Crippen LogP) is -4.02. The third-order valence-electron chi connectivity index (χ3n) is 10.8. The van der Waals surface area contributed by atoms with Crippen molar-refractivity contribution in [1.82, 2.24) is 24.3 Å². The van der Waals surface area contributed by atoms with Gasteiger partial charge in [-0.3, -0.25) is 19.4 Å². The lowest BCUT2D eigenvalue weighted by Gasteiger charge is -2.41. The van der Waals surface area contributed by atoms with Crippen molar-refractivity contribution < 1.29 is 111 Å². The number of nitrogen functional groups attached to an aromatic ring is 1. The molecule has 396 valence electrons. The van der Waals surface area contributed by atoms with E-state index in [1.54, 1.807) is 17.0 Å². The molecule has 70 heavy (non-hydrogen) atoms. The standard InChI is InChI=1S/C35H54BrN8O12.2C2HF3O2/c1-3-43-21-6-5-19(11-22(21)44(4-2)28(43)15-42(18-47)34-33(37)38-12-27(36)39-34)35(56)40-9-7-20(8-10-40)41(13-23(48)29(52)31(54)25(50)16-45)14-24(49)30(53)32(55)26(51)17-46;2*3-2(4,5)1(6)7/h5-6,11-12,18,20,23-26,29-32,45-46,48-55H,3-4,7-10,13-17H2,1-2H3,(H2,37,38);2*(H,6,7)/q+1;;/p-1/t23-,24-,25+,26+,29+,30+,31+,32+;;/m0../s1. The Kier molecular flexibility index (Phi) is 23.6. The van der Waals surface area contributed by atoms with Crippen LogP contribution in [0.3, 0.4) is 0 Å². The highest BCUT2D eigenvalue weighted by Gasteiger charge is 2.39. The number of amides is 2. The summed E-state index contributed by atoms with van der Waals surface area (Å²) in [6, 6.07) is 4.90. The second-order valence-corrected chi connectivity index (χ2v) is 16.2. The monoisotopic (exact) mass is 1080 g/mol. The summed E-state index contributed by atoms with van der Waals surface area (Å²) in [5.41, 5.74) is 8.07. The summed E-state index contributed by atoms with van der Waals surface area (Å²) < 4.78 is 67.7. The van der Waals surface area contributed by atoms with E-state index >= 15 is 0 Å². The van der Waals surface area contributed by atoms with E-state index in [0.717, 1.165) is 16.9 Å². The van der Waals surface area contributed by atoms with Crippen molar-refractivity contribution in [3.05, 3.63) is 40.4 Å². The first kappa shape index (κ1) is 61.2. The number of aromatic nitrogens is 4. The maximum Gasteiger partial charge on any atom is 0.490 e. The van der Waals surface area contributed by atoms with Crippen LogP contribution in [0.4, 0.5) is 38.0 Å². The molecule has 8 atom stereocenters. The minimum absolute atomic E-state index is 0.0817. The van der Waals surface area contributed by atoms with Crippen LogP contribution >= 0.6 is 15.9 Å². The van der Waals surface area contributed by atoms with E-state index in [4.69, 9.17) is 25.5 Å². The summed E-state index contributed by atoms with van der Waals surface area (Å²) in [5.74, 6) is -4.99. The van der Waals surface area contributed by atoms with Crippen LogP contribution < -0.4 is 20.3 Å². The summed E-state index contributed by atoms with van der Waals surface area (Å²) in [6.45, 7) is 2.99. The van der Waals surface area contributed by atoms with Gasteiger partial charge in [0.05, 0.1) is 44.7 Å². The molecule has 1 aliphatic heterocycles. The van der Waals surface area contributed by atoms with Gasteiger partial charge in [-0.05, 0) is 54.8 Å². The maximum atomic E-state index is 13.9. The first-order valence-corrected chi connectivity index (χ1v) is 21.6. The lowest BCUT2D eigenvalue weighted by Crippen LogP contribution is -2.56. The summed E-state index contributed by atoms with van der Waals surface area (Å²) >= 11 is 3.27. The van der Waals surface area contributed by atoms with Crippen LogP contribution in [0, 0.1) is 0 Å². The highest BCUT2D eigenvalue weighted by atomic mass is 79.9. The molecule has 1 aromatic carbocycles. The smallest absolute Gasteiger partial charge is 0.490 e. The number of likely N-dealkylation sites (tertiary alicyclic amines) is 1. The fraction of sp³-hybridized carbons (Fsp3) is 0.615. The van der Waals surface area contributed by atoms with E-state index < -0.39 is 105 Å². The van der Waals surface area contributed by atoms with Gasteiger partial charge in [0.1, 0.15) is 53.7 Å². The van der Waals surface area contributed by atoms with Crippen molar-refractivity contribution >= 4 is 62.9 Å². The number of nitrogens with zero attached hydrogens (tertiary/aromatic N) is 7. The fourth-order valence-corrected chi connectivity index (χ4v) is 7.38. The highest BCUT2D eigenvalue weighted by molar-refractivity contribution is 9.10. The van der Waals surface area contributed by atoms with Gasteiger partial charge in [0, 0.05) is 43.9 Å². The number of alkyl halides is 6. The average molecular weight is 1090 g/mol. The summed E-state index contributed by atoms with van der Waals surface area (Å²) in [7, 11) is 0. The Morgan fingerprint density at radius 3 is 1.76 bits per heavy atom. The van der Waals surface area contributed by atoms with E-state index in [1.807, 2.05) is 29.0 Å². The Hall–Kier alpha value is -4.93. The highest BCUT2D eigenvalue weighted by Crippen LogP contribution is 2.26. The van der Waals surface area contributed by atoms with Crippen LogP contribution in [0.5, 0.6) is 0 Å². The number of nitrogens with two attached hydrogens (primary N) is 1. The summed E-state index contributed by atoms with van der Waals surface area (Å²) in [6.07, 6.45) is -22.2. The van der Waals surface area contributed by atoms with Gasteiger partial charge in [-0.25, -0.2) is 23.9 Å². The number of carboxylic acid groups (broad SMARTS) is 2. The molecule has 0 aliphatic carbocycles. The quantitative estimate of drug-likeness (QED) is 0.0291. The largest absolute Gasteiger partial charge is 0.542 e. The number of piperidine rings is 1. The van der Waals surface area contributed by atoms with E-state index in [9.17, 15) is 87.0 Å². The van der Waals surface area contributed by atoms with Gasteiger partial charge in [-0.1, -0.05) is 0 Å². The molecule has 0 saturated carbocycles. The Balaban J connectivity index is 0.00000104. The number of carbonyl (C=O) groups excluding carboxylic acids is 3. The van der Waals surface area contributed by atoms with E-state index in [1.165, 1.54) is 16.0 Å². The second kappa shape index (κ2) is 27.0. The van der Waals surface area contributed by atoms with Crippen molar-refractivity contribution in [2.24, 2.45) is 0 Å². The van der Waals surface area contributed by atoms with Crippen LogP contribution in [0.15, 0.2) is 29.0 Å². The lowest BCUT2D eigenvalue weighted by molar-refractivity contribution is -0.676. The molecule has 3 heterocycles. The summed E-state index contributed by atoms with van der Waals surface area (Å²) in [4.78, 5) is 56.8. The van der Waals surface area contributed by atoms with Crippen molar-refractivity contribution in [3.63, 3.8) is 0 Å². The number of aliphatic carboxylic acids is 2. The van der Waals surface area contributed by atoms with Crippen molar-refractivity contribution in [2.45, 2.75) is 114 Å². The van der Waals surface area contributed by atoms with Gasteiger partial charge in [-0.2, -0.15) is 26.3 Å². The Morgan fingerprint density at radius 2 is 1.36 bits per heavy atom. The van der Waals surface area contributed by atoms with Crippen LogP contribution in [0.2, 0.25) is 0 Å². The van der Waals surface area contributed by atoms with E-state index in [0.29, 0.717) is 42.5 Å². The third-order valence-corrected chi connectivity index (χ3v) is 11.1. The number of hydrogen-bond acceptors (Lipinski definition) is 19. The Bertz CT molecular complexity index is 2130. The van der Waals surface area contributed by atoms with E-state index in [-0.39, 0.29) is 37.2 Å². The maximum absolute atomic E-state index is 13.9. The Labute approximate surface area is 401 Å². The van der Waals surface area contributed by atoms with Crippen LogP contribution in [-0.2, 0) is 34.0 Å². The SMILES string of the molecule is CCn1c(CN(C=O)c2nc(Br)cnc2N)[n+](CC)c2ccc(C(=O)N3CCC(N(C[C@H](O)[C@@H](O)[C@H](O)[C@H](O)CO)C[C@H](O)[C@@H](O)[C@H](O)[C@H](O)CO)CC3)cc21.O=C(O)C(F)(F)F.O=C([O-])C(F)(F)F. The van der Waals surface area contributed by atoms with Gasteiger partial charge in [-0.15, -0.1) is 0 Å². The molecule has 2 amide bonds. The van der Waals surface area contributed by atoms with Gasteiger partial charge in [0.15, 0.2) is 22.7 Å². The number of aliphatic hydroxyl groups is 10. The molecule has 24 nitrogen and oxygen atoms in total. The normalized spacial score (nSPS) is 16.9. The number of aryl methyl sites for hydroxylation is 2. The molecular formula is C39H55BrF6N8O16. The number of rotatable bonds is 20. The Morgan fingerprint density at radius 1 is 0.886 bits per heavy atom. The number of benzene rings is 1. The van der Waals surface area contributed by atoms with Gasteiger partial charge in [0.25, 0.3) is 11.7 Å². The molecule has 31 heteroatoms. The molecule has 0 spiro atoms. The topological polar surface area (TPSA) is 384 Å². The molecule has 13 N–H and O–H groups in total. The molecule has 0 unspecified atom stereocenters. The minimum Gasteiger partial charge on any atom is -0.542 e. The summed E-state index contributed by atoms with van der Waals surface area (Å²) in [5, 5.41) is 117. The molecule has 1 aliphatic rings. The minimum atomic E-state index is -5.19. The second-order valence-electron chi connectivity index (χ2n) is 15.4. The molecule has 2 aromatic heterocycles. The number of anilines is 2. The van der Waals surface area contributed by atoms with Crippen LogP contribution in [0.25, 0.3) is 11.0 Å². The third kappa shape index (κ3) is 16.6. The number of hydrogen-bond donors (Lipinski definition) is 12. The lowest BCUT2D eigenvalue weighted by atomic mass is 9.97. The van der Waals surface area contributed by atoms with Crippen molar-refractivity contribution in [3.8, 4) is 0 Å². The van der Waals surface area contributed by atoms with Gasteiger partial charge >= 0.3 is 18.3 Å². The molecule has 4 rings (SSSR count). The van der Waals surface area contributed by atoms with Gasteiger partial charge in [0.2, 0.25) is 6.41 Å². The van der Waals surface area contributed by atoms with E-state index in [2.05, 4.69) is 25.9 Å². The van der Waals surface area contributed by atoms with Crippen molar-refractivity contribution in [2.75, 3.05) is 50.0 Å². The molecule has 0 radical (unpaired) electrons. The number of carboxylic acids is 2. The zero-order valence-corrected chi connectivity index (χ0v) is 38.8. The van der Waals surface area contributed by atoms with Crippen molar-refractivity contribution in [1.29, 1.82) is 0 Å². The molecule has 1 fully saturated rings. The number of carbonyl (C=O) groups is 4. The first-order valence-electron chi connectivity index (χ1n) is 20.8. The zero-order valence-electron chi connectivity index (χ0n) is 37.2. The predicted molar refractivity (Wildman–Crippen MR) is 227 cm³/mol. The number of fused-ring (bicyclic) bond motifs is 1. The number of imidazole rings is 1. The first-order chi connectivity index (χ1) is 32.5. The molecule has 0 bridgehead atoms. The van der Waals surface area contributed by atoms with Crippen LogP contribution in [0.1, 0.15) is 42.9 Å². The average Bonchev–Trinajstić information content (AvgIpc) is 3.62. The fourth-order valence-electron chi connectivity index (χ4n) is 7.11. The zero-order chi connectivity index (χ0) is 53.6. The van der Waals surface area contributed by atoms with Gasteiger partial charge < -0.3 is 76.7 Å². The number of aliphatic hydroxyl groups excluding tert-OH is 10. The molecule has 1 saturated heterocycles. The molecular weight excluding hydrogens is 1030 g/mol. The number of halogens is 7. The van der Waals surface area contributed by atoms with Crippen LogP contribution in [-0.4, -0.2) is 211 Å². The molecule has 3 aromatic rings.